The third-order valence-corrected chi connectivity index (χ3v) is 6.08. The topological polar surface area (TPSA) is 12.0 Å². The summed E-state index contributed by atoms with van der Waals surface area (Å²) in [5, 5.41) is 4.14. The minimum Gasteiger partial charge on any atom is -0.313 e. The molecule has 102 valence electrons. The fourth-order valence-electron chi connectivity index (χ4n) is 1.87. The Labute approximate surface area is 147 Å². The van der Waals surface area contributed by atoms with Crippen LogP contribution >= 0.6 is 70.7 Å². The van der Waals surface area contributed by atoms with Crippen molar-refractivity contribution in [2.45, 2.75) is 12.5 Å². The molecule has 0 saturated carbocycles. The van der Waals surface area contributed by atoms with Crippen molar-refractivity contribution in [3.8, 4) is 0 Å². The maximum absolute atomic E-state index is 6.29. The van der Waals surface area contributed by atoms with Crippen molar-refractivity contribution >= 4 is 70.7 Å². The standard InChI is InChI=1S/C13H11Br3ClNS/c1-18-11(9-6-12(15)19-13(9)16)4-7-2-3-8(14)5-10(7)17/h2-3,5-6,11,18H,4H2,1H3. The fourth-order valence-corrected chi connectivity index (χ4v) is 5.59. The second-order valence-corrected chi connectivity index (χ2v) is 9.13. The largest absolute Gasteiger partial charge is 0.313 e. The zero-order valence-electron chi connectivity index (χ0n) is 10.0. The molecule has 1 nitrogen and oxygen atoms in total. The van der Waals surface area contributed by atoms with Gasteiger partial charge >= 0.3 is 0 Å². The molecule has 1 aromatic heterocycles. The van der Waals surface area contributed by atoms with E-state index >= 15 is 0 Å². The molecule has 1 heterocycles. The van der Waals surface area contributed by atoms with Crippen LogP contribution in [0.25, 0.3) is 0 Å². The summed E-state index contributed by atoms with van der Waals surface area (Å²) in [7, 11) is 1.97. The van der Waals surface area contributed by atoms with Crippen LogP contribution in [-0.4, -0.2) is 7.05 Å². The van der Waals surface area contributed by atoms with Crippen LogP contribution in [0.2, 0.25) is 5.02 Å². The number of hydrogen-bond acceptors (Lipinski definition) is 2. The molecule has 2 aromatic rings. The van der Waals surface area contributed by atoms with Crippen molar-refractivity contribution in [3.63, 3.8) is 0 Å². The first-order valence-electron chi connectivity index (χ1n) is 5.57. The van der Waals surface area contributed by atoms with Crippen LogP contribution in [0.15, 0.2) is 36.3 Å². The summed E-state index contributed by atoms with van der Waals surface area (Å²) in [6, 6.07) is 8.39. The molecule has 0 aliphatic heterocycles. The Hall–Kier alpha value is 0.610. The van der Waals surface area contributed by atoms with E-state index in [0.717, 1.165) is 29.1 Å². The molecule has 0 aliphatic carbocycles. The lowest BCUT2D eigenvalue weighted by molar-refractivity contribution is 0.592. The summed E-state index contributed by atoms with van der Waals surface area (Å²) in [6.45, 7) is 0. The number of thiophene rings is 1. The Morgan fingerprint density at radius 3 is 2.53 bits per heavy atom. The highest BCUT2D eigenvalue weighted by Gasteiger charge is 2.17. The lowest BCUT2D eigenvalue weighted by atomic mass is 10.0. The lowest BCUT2D eigenvalue weighted by Gasteiger charge is -2.17. The third-order valence-electron chi connectivity index (χ3n) is 2.85. The molecular weight excluding hydrogens is 477 g/mol. The Morgan fingerprint density at radius 1 is 1.26 bits per heavy atom. The maximum atomic E-state index is 6.29. The van der Waals surface area contributed by atoms with Crippen molar-refractivity contribution in [1.82, 2.24) is 5.32 Å². The monoisotopic (exact) mass is 485 g/mol. The number of rotatable bonds is 4. The highest BCUT2D eigenvalue weighted by molar-refractivity contribution is 9.12. The van der Waals surface area contributed by atoms with Crippen molar-refractivity contribution in [2.75, 3.05) is 7.05 Å². The van der Waals surface area contributed by atoms with E-state index in [9.17, 15) is 0 Å². The van der Waals surface area contributed by atoms with Gasteiger partial charge in [-0.1, -0.05) is 33.6 Å². The van der Waals surface area contributed by atoms with Gasteiger partial charge in [0.2, 0.25) is 0 Å². The number of benzene rings is 1. The number of halogens is 4. The molecule has 0 radical (unpaired) electrons. The molecule has 19 heavy (non-hydrogen) atoms. The Balaban J connectivity index is 2.26. The highest BCUT2D eigenvalue weighted by Crippen LogP contribution is 2.37. The molecule has 6 heteroatoms. The summed E-state index contributed by atoms with van der Waals surface area (Å²) in [4.78, 5) is 0. The summed E-state index contributed by atoms with van der Waals surface area (Å²) in [6.07, 6.45) is 0.852. The quantitative estimate of drug-likeness (QED) is 0.541. The number of nitrogens with one attached hydrogen (secondary N) is 1. The van der Waals surface area contributed by atoms with Gasteiger partial charge in [0.1, 0.15) is 0 Å². The van der Waals surface area contributed by atoms with E-state index in [4.69, 9.17) is 11.6 Å². The molecule has 0 fully saturated rings. The zero-order valence-corrected chi connectivity index (χ0v) is 16.3. The van der Waals surface area contributed by atoms with Gasteiger partial charge in [-0.15, -0.1) is 11.3 Å². The van der Waals surface area contributed by atoms with E-state index in [1.54, 1.807) is 11.3 Å². The van der Waals surface area contributed by atoms with Crippen LogP contribution in [0.3, 0.4) is 0 Å². The van der Waals surface area contributed by atoms with Gasteiger partial charge in [-0.3, -0.25) is 0 Å². The van der Waals surface area contributed by atoms with Crippen molar-refractivity contribution in [2.24, 2.45) is 0 Å². The SMILES string of the molecule is CNC(Cc1ccc(Br)cc1Cl)c1cc(Br)sc1Br. The van der Waals surface area contributed by atoms with E-state index in [1.807, 2.05) is 19.2 Å². The predicted molar refractivity (Wildman–Crippen MR) is 94.4 cm³/mol. The van der Waals surface area contributed by atoms with E-state index in [-0.39, 0.29) is 6.04 Å². The van der Waals surface area contributed by atoms with E-state index in [0.29, 0.717) is 0 Å². The fraction of sp³-hybridized carbons (Fsp3) is 0.231. The molecule has 2 rings (SSSR count). The molecule has 0 aliphatic rings. The molecule has 1 N–H and O–H groups in total. The van der Waals surface area contributed by atoms with Gasteiger partial charge in [0, 0.05) is 15.5 Å². The van der Waals surface area contributed by atoms with Crippen LogP contribution in [-0.2, 0) is 6.42 Å². The van der Waals surface area contributed by atoms with E-state index < -0.39 is 0 Å². The molecule has 1 unspecified atom stereocenters. The molecule has 1 atom stereocenters. The van der Waals surface area contributed by atoms with Gasteiger partial charge in [-0.2, -0.15) is 0 Å². The summed E-state index contributed by atoms with van der Waals surface area (Å²) in [5.41, 5.74) is 2.39. The van der Waals surface area contributed by atoms with Crippen LogP contribution in [0.5, 0.6) is 0 Å². The van der Waals surface area contributed by atoms with Gasteiger partial charge in [0.15, 0.2) is 0 Å². The first-order valence-corrected chi connectivity index (χ1v) is 9.14. The Bertz CT molecular complexity index is 585. The van der Waals surface area contributed by atoms with Gasteiger partial charge in [-0.05, 0) is 74.7 Å². The van der Waals surface area contributed by atoms with Gasteiger partial charge in [0.05, 0.1) is 7.57 Å². The van der Waals surface area contributed by atoms with E-state index in [1.165, 1.54) is 5.56 Å². The van der Waals surface area contributed by atoms with Crippen LogP contribution in [0.1, 0.15) is 17.2 Å². The molecule has 0 saturated heterocycles. The predicted octanol–water partition coefficient (Wildman–Crippen LogP) is 6.19. The molecule has 0 bridgehead atoms. The second kappa shape index (κ2) is 7.05. The third kappa shape index (κ3) is 4.05. The van der Waals surface area contributed by atoms with Gasteiger partial charge < -0.3 is 5.32 Å². The maximum Gasteiger partial charge on any atom is 0.0758 e. The molecule has 1 aromatic carbocycles. The zero-order chi connectivity index (χ0) is 14.0. The first kappa shape index (κ1) is 16.0. The summed E-state index contributed by atoms with van der Waals surface area (Å²) in [5.74, 6) is 0. The van der Waals surface area contributed by atoms with Crippen LogP contribution < -0.4 is 5.32 Å². The average molecular weight is 488 g/mol. The minimum absolute atomic E-state index is 0.232. The minimum atomic E-state index is 0.232. The highest BCUT2D eigenvalue weighted by atomic mass is 79.9. The van der Waals surface area contributed by atoms with Gasteiger partial charge in [0.25, 0.3) is 0 Å². The molecular formula is C13H11Br3ClNS. The smallest absolute Gasteiger partial charge is 0.0758 e. The van der Waals surface area contributed by atoms with Crippen LogP contribution in [0.4, 0.5) is 0 Å². The van der Waals surface area contributed by atoms with Crippen molar-refractivity contribution in [3.05, 3.63) is 52.5 Å². The Morgan fingerprint density at radius 2 is 2.00 bits per heavy atom. The van der Waals surface area contributed by atoms with E-state index in [2.05, 4.69) is 65.2 Å². The number of likely N-dealkylation sites (N-methyl/N-ethyl adjacent to an activating group) is 1. The second-order valence-electron chi connectivity index (χ2n) is 4.06. The van der Waals surface area contributed by atoms with Crippen molar-refractivity contribution in [1.29, 1.82) is 0 Å². The molecule has 0 amide bonds. The van der Waals surface area contributed by atoms with Gasteiger partial charge in [-0.25, -0.2) is 0 Å². The lowest BCUT2D eigenvalue weighted by Crippen LogP contribution is -2.18. The first-order chi connectivity index (χ1) is 9.01. The number of hydrogen-bond donors (Lipinski definition) is 1. The summed E-state index contributed by atoms with van der Waals surface area (Å²) >= 11 is 18.5. The Kier molecular flexibility index (Phi) is 5.93. The normalized spacial score (nSPS) is 12.7. The average Bonchev–Trinajstić information content (AvgIpc) is 2.68. The molecule has 0 spiro atoms. The van der Waals surface area contributed by atoms with Crippen molar-refractivity contribution < 1.29 is 0 Å². The van der Waals surface area contributed by atoms with Crippen LogP contribution in [0, 0.1) is 0 Å². The summed E-state index contributed by atoms with van der Waals surface area (Å²) < 4.78 is 3.27.